The molecule has 2 aliphatic rings. The molecule has 1 N–H and O–H groups in total. The van der Waals surface area contributed by atoms with Crippen molar-refractivity contribution in [2.45, 2.75) is 25.0 Å². The van der Waals surface area contributed by atoms with Crippen LogP contribution in [-0.4, -0.2) is 37.1 Å². The van der Waals surface area contributed by atoms with Gasteiger partial charge in [0.05, 0.1) is 12.7 Å². The fourth-order valence-corrected chi connectivity index (χ4v) is 1.76. The number of epoxide rings is 1. The zero-order valence-corrected chi connectivity index (χ0v) is 6.53. The molecule has 0 aromatic rings. The van der Waals surface area contributed by atoms with Crippen LogP contribution >= 0.6 is 0 Å². The van der Waals surface area contributed by atoms with E-state index in [-0.39, 0.29) is 12.7 Å². The van der Waals surface area contributed by atoms with E-state index in [9.17, 15) is 0 Å². The van der Waals surface area contributed by atoms with Crippen molar-refractivity contribution in [2.75, 3.05) is 19.8 Å². The van der Waals surface area contributed by atoms with Gasteiger partial charge in [-0.25, -0.2) is 0 Å². The summed E-state index contributed by atoms with van der Waals surface area (Å²) in [5, 5.41) is 8.75. The summed E-state index contributed by atoms with van der Waals surface area (Å²) in [7, 11) is 0. The SMILES string of the molecule is OCC1OC1C1CCOCC1. The van der Waals surface area contributed by atoms with E-state index in [2.05, 4.69) is 0 Å². The molecule has 0 bridgehead atoms. The van der Waals surface area contributed by atoms with Crippen molar-refractivity contribution in [1.82, 2.24) is 0 Å². The quantitative estimate of drug-likeness (QED) is 0.582. The van der Waals surface area contributed by atoms with E-state index in [1.807, 2.05) is 0 Å². The third-order valence-corrected chi connectivity index (χ3v) is 2.53. The van der Waals surface area contributed by atoms with Gasteiger partial charge in [0.1, 0.15) is 6.10 Å². The molecule has 0 radical (unpaired) electrons. The third-order valence-electron chi connectivity index (χ3n) is 2.53. The second kappa shape index (κ2) is 3.09. The van der Waals surface area contributed by atoms with Crippen LogP contribution in [0.5, 0.6) is 0 Å². The van der Waals surface area contributed by atoms with Gasteiger partial charge >= 0.3 is 0 Å². The molecule has 0 aliphatic carbocycles. The smallest absolute Gasteiger partial charge is 0.107 e. The fourth-order valence-electron chi connectivity index (χ4n) is 1.76. The lowest BCUT2D eigenvalue weighted by Crippen LogP contribution is -2.21. The molecule has 11 heavy (non-hydrogen) atoms. The van der Waals surface area contributed by atoms with Crippen LogP contribution < -0.4 is 0 Å². The van der Waals surface area contributed by atoms with E-state index in [1.165, 1.54) is 0 Å². The minimum atomic E-state index is 0.137. The van der Waals surface area contributed by atoms with Crippen molar-refractivity contribution in [1.29, 1.82) is 0 Å². The van der Waals surface area contributed by atoms with Gasteiger partial charge < -0.3 is 14.6 Å². The largest absolute Gasteiger partial charge is 0.394 e. The highest BCUT2D eigenvalue weighted by Crippen LogP contribution is 2.34. The predicted molar refractivity (Wildman–Crippen MR) is 39.3 cm³/mol. The Bertz CT molecular complexity index is 131. The Hall–Kier alpha value is -0.120. The number of ether oxygens (including phenoxy) is 2. The Morgan fingerprint density at radius 1 is 1.27 bits per heavy atom. The maximum absolute atomic E-state index is 8.75. The van der Waals surface area contributed by atoms with Gasteiger partial charge in [0.25, 0.3) is 0 Å². The van der Waals surface area contributed by atoms with Crippen molar-refractivity contribution in [3.8, 4) is 0 Å². The number of hydrogen-bond acceptors (Lipinski definition) is 3. The molecule has 0 amide bonds. The molecular formula is C8H14O3. The second-order valence-electron chi connectivity index (χ2n) is 3.27. The van der Waals surface area contributed by atoms with Gasteiger partial charge in [0.2, 0.25) is 0 Å². The molecule has 2 unspecified atom stereocenters. The summed E-state index contributed by atoms with van der Waals surface area (Å²) < 4.78 is 10.5. The molecule has 2 saturated heterocycles. The molecule has 3 heteroatoms. The molecule has 0 saturated carbocycles. The molecule has 64 valence electrons. The van der Waals surface area contributed by atoms with Crippen LogP contribution in [0.15, 0.2) is 0 Å². The summed E-state index contributed by atoms with van der Waals surface area (Å²) in [5.41, 5.74) is 0. The van der Waals surface area contributed by atoms with Gasteiger partial charge in [0, 0.05) is 13.2 Å². The highest BCUT2D eigenvalue weighted by molar-refractivity contribution is 4.90. The predicted octanol–water partition coefficient (Wildman–Crippen LogP) is 0.173. The van der Waals surface area contributed by atoms with Crippen LogP contribution in [0, 0.1) is 5.92 Å². The average Bonchev–Trinajstić information content (AvgIpc) is 2.85. The van der Waals surface area contributed by atoms with Crippen LogP contribution in [0.25, 0.3) is 0 Å². The maximum atomic E-state index is 8.75. The first-order valence-electron chi connectivity index (χ1n) is 4.26. The van der Waals surface area contributed by atoms with Crippen LogP contribution in [0.1, 0.15) is 12.8 Å². The van der Waals surface area contributed by atoms with Gasteiger partial charge in [-0.1, -0.05) is 0 Å². The molecular weight excluding hydrogens is 144 g/mol. The summed E-state index contributed by atoms with van der Waals surface area (Å²) in [6.45, 7) is 1.91. The molecule has 2 heterocycles. The highest BCUT2D eigenvalue weighted by atomic mass is 16.6. The van der Waals surface area contributed by atoms with Crippen molar-refractivity contribution in [3.63, 3.8) is 0 Å². The lowest BCUT2D eigenvalue weighted by Gasteiger charge is -2.19. The van der Waals surface area contributed by atoms with E-state index in [1.54, 1.807) is 0 Å². The van der Waals surface area contributed by atoms with Crippen molar-refractivity contribution in [3.05, 3.63) is 0 Å². The molecule has 0 spiro atoms. The standard InChI is InChI=1S/C8H14O3/c9-5-7-8(11-7)6-1-3-10-4-2-6/h6-9H,1-5H2. The zero-order chi connectivity index (χ0) is 7.68. The van der Waals surface area contributed by atoms with Gasteiger partial charge in [-0.05, 0) is 18.8 Å². The third kappa shape index (κ3) is 1.55. The Morgan fingerprint density at radius 2 is 2.00 bits per heavy atom. The lowest BCUT2D eigenvalue weighted by molar-refractivity contribution is 0.0571. The number of aliphatic hydroxyl groups excluding tert-OH is 1. The van der Waals surface area contributed by atoms with Gasteiger partial charge in [-0.15, -0.1) is 0 Å². The molecule has 0 aromatic heterocycles. The van der Waals surface area contributed by atoms with Crippen molar-refractivity contribution < 1.29 is 14.6 Å². The van der Waals surface area contributed by atoms with Crippen LogP contribution in [0.3, 0.4) is 0 Å². The van der Waals surface area contributed by atoms with Crippen LogP contribution in [-0.2, 0) is 9.47 Å². The highest BCUT2D eigenvalue weighted by Gasteiger charge is 2.44. The molecule has 0 aromatic carbocycles. The Kier molecular flexibility index (Phi) is 2.11. The minimum Gasteiger partial charge on any atom is -0.394 e. The molecule has 3 nitrogen and oxygen atoms in total. The van der Waals surface area contributed by atoms with E-state index in [0.717, 1.165) is 26.1 Å². The van der Waals surface area contributed by atoms with Gasteiger partial charge in [0.15, 0.2) is 0 Å². The van der Waals surface area contributed by atoms with Crippen molar-refractivity contribution in [2.24, 2.45) is 5.92 Å². The van der Waals surface area contributed by atoms with E-state index < -0.39 is 0 Å². The molecule has 2 rings (SSSR count). The summed E-state index contributed by atoms with van der Waals surface area (Å²) in [4.78, 5) is 0. The summed E-state index contributed by atoms with van der Waals surface area (Å²) >= 11 is 0. The Labute approximate surface area is 66.3 Å². The van der Waals surface area contributed by atoms with Gasteiger partial charge in [-0.2, -0.15) is 0 Å². The Morgan fingerprint density at radius 3 is 2.55 bits per heavy atom. The summed E-state index contributed by atoms with van der Waals surface area (Å²) in [5.74, 6) is 0.640. The normalized spacial score (nSPS) is 39.0. The summed E-state index contributed by atoms with van der Waals surface area (Å²) in [6, 6.07) is 0. The minimum absolute atomic E-state index is 0.137. The number of rotatable bonds is 2. The van der Waals surface area contributed by atoms with E-state index in [4.69, 9.17) is 14.6 Å². The first-order valence-corrected chi connectivity index (χ1v) is 4.26. The lowest BCUT2D eigenvalue weighted by atomic mass is 9.95. The number of aliphatic hydroxyl groups is 1. The van der Waals surface area contributed by atoms with Crippen molar-refractivity contribution >= 4 is 0 Å². The first-order chi connectivity index (χ1) is 5.42. The zero-order valence-electron chi connectivity index (χ0n) is 6.53. The fraction of sp³-hybridized carbons (Fsp3) is 1.00. The van der Waals surface area contributed by atoms with E-state index >= 15 is 0 Å². The molecule has 2 aliphatic heterocycles. The van der Waals surface area contributed by atoms with Crippen LogP contribution in [0.2, 0.25) is 0 Å². The number of hydrogen-bond donors (Lipinski definition) is 1. The second-order valence-corrected chi connectivity index (χ2v) is 3.27. The first kappa shape index (κ1) is 7.53. The molecule has 2 atom stereocenters. The van der Waals surface area contributed by atoms with Crippen LogP contribution in [0.4, 0.5) is 0 Å². The van der Waals surface area contributed by atoms with Gasteiger partial charge in [-0.3, -0.25) is 0 Å². The average molecular weight is 158 g/mol. The Balaban J connectivity index is 1.77. The summed E-state index contributed by atoms with van der Waals surface area (Å²) in [6.07, 6.45) is 2.67. The molecule has 2 fully saturated rings. The monoisotopic (exact) mass is 158 g/mol. The van der Waals surface area contributed by atoms with E-state index in [0.29, 0.717) is 12.0 Å². The maximum Gasteiger partial charge on any atom is 0.107 e. The topological polar surface area (TPSA) is 42.0 Å².